The molecule has 5 atom stereocenters. The molecular formula is C17H24O6S. The Hall–Kier alpha value is -1.25. The molecule has 7 heteroatoms. The predicted octanol–water partition coefficient (Wildman–Crippen LogP) is 0.524. The van der Waals surface area contributed by atoms with Crippen molar-refractivity contribution >= 4 is 9.84 Å². The Morgan fingerprint density at radius 2 is 1.92 bits per heavy atom. The quantitative estimate of drug-likeness (QED) is 0.587. The largest absolute Gasteiger partial charge is 0.394 e. The topological polar surface area (TPSA) is 104 Å². The first-order valence-corrected chi connectivity index (χ1v) is 9.55. The Morgan fingerprint density at radius 3 is 2.50 bits per heavy atom. The number of hydrogen-bond donors (Lipinski definition) is 3. The van der Waals surface area contributed by atoms with Crippen LogP contribution in [0.1, 0.15) is 12.8 Å². The maximum Gasteiger partial charge on any atom is 0.178 e. The Labute approximate surface area is 142 Å². The minimum atomic E-state index is -3.57. The van der Waals surface area contributed by atoms with Gasteiger partial charge in [0.25, 0.3) is 0 Å². The highest BCUT2D eigenvalue weighted by Crippen LogP contribution is 2.34. The summed E-state index contributed by atoms with van der Waals surface area (Å²) < 4.78 is 30.9. The number of aliphatic hydroxyl groups is 3. The van der Waals surface area contributed by atoms with Crippen molar-refractivity contribution in [1.82, 2.24) is 0 Å². The lowest BCUT2D eigenvalue weighted by Crippen LogP contribution is -2.35. The number of hydrogen-bond acceptors (Lipinski definition) is 6. The van der Waals surface area contributed by atoms with E-state index >= 15 is 0 Å². The lowest BCUT2D eigenvalue weighted by molar-refractivity contribution is -0.0289. The zero-order chi connectivity index (χ0) is 17.7. The third-order valence-corrected chi connectivity index (χ3v) is 6.09. The SMILES string of the molecule is C=CCC1O[C@H](C[C@H](O)CO)[C@H](O)[C@H]1CS(=O)(=O)c1ccccc1. The minimum Gasteiger partial charge on any atom is -0.394 e. The van der Waals surface area contributed by atoms with E-state index in [0.717, 1.165) is 0 Å². The van der Waals surface area contributed by atoms with Gasteiger partial charge in [-0.1, -0.05) is 24.3 Å². The van der Waals surface area contributed by atoms with Gasteiger partial charge in [-0.3, -0.25) is 0 Å². The van der Waals surface area contributed by atoms with Crippen LogP contribution >= 0.6 is 0 Å². The van der Waals surface area contributed by atoms with Gasteiger partial charge in [-0.25, -0.2) is 8.42 Å². The highest BCUT2D eigenvalue weighted by atomic mass is 32.2. The van der Waals surface area contributed by atoms with E-state index in [2.05, 4.69) is 6.58 Å². The van der Waals surface area contributed by atoms with Gasteiger partial charge in [-0.15, -0.1) is 6.58 Å². The molecule has 24 heavy (non-hydrogen) atoms. The Kier molecular flexibility index (Phi) is 6.54. The van der Waals surface area contributed by atoms with Gasteiger partial charge >= 0.3 is 0 Å². The third-order valence-electron chi connectivity index (χ3n) is 4.28. The number of aliphatic hydroxyl groups excluding tert-OH is 3. The minimum absolute atomic E-state index is 0.0488. The molecule has 6 nitrogen and oxygen atoms in total. The van der Waals surface area contributed by atoms with Crippen molar-refractivity contribution in [3.05, 3.63) is 43.0 Å². The summed E-state index contributed by atoms with van der Waals surface area (Å²) in [7, 11) is -3.57. The van der Waals surface area contributed by atoms with Gasteiger partial charge in [-0.05, 0) is 18.6 Å². The van der Waals surface area contributed by atoms with Crippen LogP contribution in [0.3, 0.4) is 0 Å². The molecule has 2 rings (SSSR count). The van der Waals surface area contributed by atoms with Crippen molar-refractivity contribution in [3.8, 4) is 0 Å². The van der Waals surface area contributed by atoms with Gasteiger partial charge in [0, 0.05) is 12.3 Å². The van der Waals surface area contributed by atoms with Gasteiger partial charge < -0.3 is 20.1 Å². The third kappa shape index (κ3) is 4.43. The van der Waals surface area contributed by atoms with Gasteiger partial charge in [0.1, 0.15) is 0 Å². The maximum atomic E-state index is 12.6. The second-order valence-electron chi connectivity index (χ2n) is 6.06. The molecule has 0 saturated carbocycles. The molecule has 0 bridgehead atoms. The number of benzene rings is 1. The van der Waals surface area contributed by atoms with Crippen molar-refractivity contribution in [2.24, 2.45) is 5.92 Å². The summed E-state index contributed by atoms with van der Waals surface area (Å²) in [5.41, 5.74) is 0. The molecule has 0 amide bonds. The van der Waals surface area contributed by atoms with Crippen LogP contribution in [0.15, 0.2) is 47.9 Å². The zero-order valence-electron chi connectivity index (χ0n) is 13.4. The summed E-state index contributed by atoms with van der Waals surface area (Å²) in [5.74, 6) is -0.869. The fourth-order valence-electron chi connectivity index (χ4n) is 3.02. The van der Waals surface area contributed by atoms with Gasteiger partial charge in [0.05, 0.1) is 41.7 Å². The summed E-state index contributed by atoms with van der Waals surface area (Å²) >= 11 is 0. The number of sulfone groups is 1. The fraction of sp³-hybridized carbons (Fsp3) is 0.529. The molecule has 1 aliphatic rings. The van der Waals surface area contributed by atoms with Crippen molar-refractivity contribution in [2.45, 2.75) is 42.2 Å². The highest BCUT2D eigenvalue weighted by molar-refractivity contribution is 7.91. The van der Waals surface area contributed by atoms with E-state index in [1.165, 1.54) is 12.1 Å². The van der Waals surface area contributed by atoms with E-state index in [-0.39, 0.29) is 17.1 Å². The first-order valence-electron chi connectivity index (χ1n) is 7.90. The summed E-state index contributed by atoms with van der Waals surface area (Å²) in [6.45, 7) is 3.20. The summed E-state index contributed by atoms with van der Waals surface area (Å²) in [4.78, 5) is 0.202. The zero-order valence-corrected chi connectivity index (χ0v) is 14.2. The average Bonchev–Trinajstić information content (AvgIpc) is 2.84. The van der Waals surface area contributed by atoms with E-state index in [1.807, 2.05) is 0 Å². The summed E-state index contributed by atoms with van der Waals surface area (Å²) in [6, 6.07) is 8.08. The van der Waals surface area contributed by atoms with Crippen molar-refractivity contribution in [2.75, 3.05) is 12.4 Å². The van der Waals surface area contributed by atoms with E-state index in [9.17, 15) is 18.6 Å². The second-order valence-corrected chi connectivity index (χ2v) is 8.09. The monoisotopic (exact) mass is 356 g/mol. The van der Waals surface area contributed by atoms with Crippen LogP contribution in [0.2, 0.25) is 0 Å². The highest BCUT2D eigenvalue weighted by Gasteiger charge is 2.45. The van der Waals surface area contributed by atoms with Gasteiger partial charge in [0.2, 0.25) is 0 Å². The van der Waals surface area contributed by atoms with Crippen LogP contribution in [-0.4, -0.2) is 60.5 Å². The smallest absolute Gasteiger partial charge is 0.178 e. The first kappa shape index (κ1) is 19.1. The average molecular weight is 356 g/mol. The normalized spacial score (nSPS) is 28.6. The molecule has 0 aromatic heterocycles. The molecule has 0 aliphatic carbocycles. The van der Waals surface area contributed by atoms with Crippen molar-refractivity contribution in [1.29, 1.82) is 0 Å². The molecule has 134 valence electrons. The lowest BCUT2D eigenvalue weighted by atomic mass is 9.94. The van der Waals surface area contributed by atoms with Gasteiger partial charge in [-0.2, -0.15) is 0 Å². The van der Waals surface area contributed by atoms with Gasteiger partial charge in [0.15, 0.2) is 9.84 Å². The molecule has 0 radical (unpaired) electrons. The van der Waals surface area contributed by atoms with Crippen LogP contribution in [-0.2, 0) is 14.6 Å². The van der Waals surface area contributed by atoms with Crippen LogP contribution in [0.25, 0.3) is 0 Å². The van der Waals surface area contributed by atoms with Crippen LogP contribution < -0.4 is 0 Å². The van der Waals surface area contributed by atoms with E-state index < -0.39 is 46.8 Å². The van der Waals surface area contributed by atoms with Crippen LogP contribution in [0.5, 0.6) is 0 Å². The Bertz CT molecular complexity index is 630. The maximum absolute atomic E-state index is 12.6. The van der Waals surface area contributed by atoms with E-state index in [4.69, 9.17) is 9.84 Å². The second kappa shape index (κ2) is 8.22. The number of ether oxygens (including phenoxy) is 1. The van der Waals surface area contributed by atoms with Crippen molar-refractivity contribution < 1.29 is 28.5 Å². The molecular weight excluding hydrogens is 332 g/mol. The summed E-state index contributed by atoms with van der Waals surface area (Å²) in [5, 5.41) is 29.0. The molecule has 1 saturated heterocycles. The Balaban J connectivity index is 2.18. The molecule has 0 spiro atoms. The molecule has 1 heterocycles. The Morgan fingerprint density at radius 1 is 1.25 bits per heavy atom. The molecule has 1 aromatic rings. The molecule has 3 N–H and O–H groups in total. The van der Waals surface area contributed by atoms with E-state index in [1.54, 1.807) is 24.3 Å². The van der Waals surface area contributed by atoms with Crippen LogP contribution in [0, 0.1) is 5.92 Å². The van der Waals surface area contributed by atoms with Crippen LogP contribution in [0.4, 0.5) is 0 Å². The standard InChI is InChI=1S/C17H24O6S/c1-2-6-15-14(17(20)16(23-15)9-12(19)10-18)11-24(21,22)13-7-4-3-5-8-13/h2-5,7-8,12,14-20H,1,6,9-11H2/t12-,14-,15?,16+,17+/m0/s1. The molecule has 1 fully saturated rings. The number of rotatable bonds is 8. The first-order chi connectivity index (χ1) is 11.4. The lowest BCUT2D eigenvalue weighted by Gasteiger charge is -2.20. The molecule has 1 aliphatic heterocycles. The summed E-state index contributed by atoms with van der Waals surface area (Å²) in [6.07, 6.45) is -1.19. The molecule has 1 aromatic carbocycles. The van der Waals surface area contributed by atoms with Crippen molar-refractivity contribution in [3.63, 3.8) is 0 Å². The van der Waals surface area contributed by atoms with E-state index in [0.29, 0.717) is 6.42 Å². The molecule has 1 unspecified atom stereocenters. The predicted molar refractivity (Wildman–Crippen MR) is 89.2 cm³/mol. The fourth-order valence-corrected chi connectivity index (χ4v) is 4.70.